The molecule has 23 heavy (non-hydrogen) atoms. The van der Waals surface area contributed by atoms with E-state index in [0.29, 0.717) is 19.6 Å². The predicted molar refractivity (Wildman–Crippen MR) is 92.6 cm³/mol. The van der Waals surface area contributed by atoms with Crippen molar-refractivity contribution in [2.24, 2.45) is 0 Å². The average Bonchev–Trinajstić information content (AvgIpc) is 2.97. The Morgan fingerprint density at radius 3 is 2.52 bits per heavy atom. The van der Waals surface area contributed by atoms with Crippen molar-refractivity contribution < 1.29 is 8.42 Å². The van der Waals surface area contributed by atoms with E-state index in [1.165, 1.54) is 11.3 Å². The van der Waals surface area contributed by atoms with Crippen molar-refractivity contribution >= 4 is 15.9 Å². The van der Waals surface area contributed by atoms with Crippen molar-refractivity contribution in [1.29, 1.82) is 0 Å². The molecule has 1 aliphatic heterocycles. The van der Waals surface area contributed by atoms with Crippen LogP contribution in [-0.2, 0) is 23.2 Å². The number of hydrogen-bond donors (Lipinski definition) is 2. The van der Waals surface area contributed by atoms with Crippen LogP contribution in [0, 0.1) is 0 Å². The van der Waals surface area contributed by atoms with Crippen LogP contribution >= 0.6 is 0 Å². The van der Waals surface area contributed by atoms with E-state index in [1.54, 1.807) is 0 Å². The zero-order valence-corrected chi connectivity index (χ0v) is 13.7. The van der Waals surface area contributed by atoms with E-state index in [0.717, 1.165) is 18.5 Å². The lowest BCUT2D eigenvalue weighted by Crippen LogP contribution is -2.40. The monoisotopic (exact) mass is 331 g/mol. The van der Waals surface area contributed by atoms with Crippen molar-refractivity contribution in [3.05, 3.63) is 65.7 Å². The minimum Gasteiger partial charge on any atom is -0.370 e. The zero-order valence-electron chi connectivity index (χ0n) is 12.9. The Kier molecular flexibility index (Phi) is 4.95. The van der Waals surface area contributed by atoms with Gasteiger partial charge in [-0.15, -0.1) is 0 Å². The summed E-state index contributed by atoms with van der Waals surface area (Å²) in [5.74, 6) is 0. The average molecular weight is 331 g/mol. The zero-order chi connectivity index (χ0) is 16.1. The molecule has 0 fully saturated rings. The maximum atomic E-state index is 12.0. The molecular weight excluding hydrogens is 310 g/mol. The SMILES string of the molecule is O=S(=O)(NCCN1CCc2ccccc21)NCc1ccccc1. The lowest BCUT2D eigenvalue weighted by molar-refractivity contribution is 0.565. The molecule has 0 radical (unpaired) electrons. The molecule has 2 N–H and O–H groups in total. The second-order valence-electron chi connectivity index (χ2n) is 5.57. The van der Waals surface area contributed by atoms with Gasteiger partial charge in [0.1, 0.15) is 0 Å². The normalized spacial score (nSPS) is 14.0. The first-order chi connectivity index (χ1) is 11.1. The molecule has 0 aromatic heterocycles. The molecule has 1 aliphatic rings. The second kappa shape index (κ2) is 7.12. The Morgan fingerprint density at radius 1 is 0.957 bits per heavy atom. The maximum Gasteiger partial charge on any atom is 0.277 e. The van der Waals surface area contributed by atoms with Gasteiger partial charge in [-0.25, -0.2) is 4.72 Å². The van der Waals surface area contributed by atoms with Crippen LogP contribution in [0.15, 0.2) is 54.6 Å². The molecule has 0 amide bonds. The van der Waals surface area contributed by atoms with Crippen LogP contribution in [-0.4, -0.2) is 28.1 Å². The van der Waals surface area contributed by atoms with Gasteiger partial charge in [-0.1, -0.05) is 48.5 Å². The molecule has 2 aromatic carbocycles. The first-order valence-electron chi connectivity index (χ1n) is 7.75. The number of para-hydroxylation sites is 1. The first-order valence-corrected chi connectivity index (χ1v) is 9.23. The van der Waals surface area contributed by atoms with Crippen LogP contribution in [0.25, 0.3) is 0 Å². The number of nitrogens with zero attached hydrogens (tertiary/aromatic N) is 1. The quantitative estimate of drug-likeness (QED) is 0.811. The third-order valence-corrected chi connectivity index (χ3v) is 5.07. The fourth-order valence-corrected chi connectivity index (χ4v) is 3.60. The van der Waals surface area contributed by atoms with Gasteiger partial charge in [0.2, 0.25) is 0 Å². The summed E-state index contributed by atoms with van der Waals surface area (Å²) in [7, 11) is -3.48. The number of hydrogen-bond acceptors (Lipinski definition) is 3. The Bertz CT molecular complexity index is 747. The predicted octanol–water partition coefficient (Wildman–Crippen LogP) is 1.67. The molecule has 6 heteroatoms. The number of fused-ring (bicyclic) bond motifs is 1. The van der Waals surface area contributed by atoms with Crippen molar-refractivity contribution in [2.75, 3.05) is 24.5 Å². The maximum absolute atomic E-state index is 12.0. The van der Waals surface area contributed by atoms with Gasteiger partial charge in [0.25, 0.3) is 10.2 Å². The third kappa shape index (κ3) is 4.31. The van der Waals surface area contributed by atoms with Crippen LogP contribution in [0.3, 0.4) is 0 Å². The molecule has 0 atom stereocenters. The van der Waals surface area contributed by atoms with Crippen molar-refractivity contribution in [1.82, 2.24) is 9.44 Å². The van der Waals surface area contributed by atoms with Crippen molar-refractivity contribution in [2.45, 2.75) is 13.0 Å². The molecule has 0 bridgehead atoms. The van der Waals surface area contributed by atoms with E-state index >= 15 is 0 Å². The largest absolute Gasteiger partial charge is 0.370 e. The van der Waals surface area contributed by atoms with E-state index in [-0.39, 0.29) is 0 Å². The summed E-state index contributed by atoms with van der Waals surface area (Å²) in [6.45, 7) is 2.29. The Labute approximate surface area is 137 Å². The Balaban J connectivity index is 1.47. The second-order valence-corrected chi connectivity index (χ2v) is 7.15. The van der Waals surface area contributed by atoms with E-state index in [9.17, 15) is 8.42 Å². The van der Waals surface area contributed by atoms with Gasteiger partial charge < -0.3 is 4.90 Å². The minimum absolute atomic E-state index is 0.294. The molecule has 5 nitrogen and oxygen atoms in total. The summed E-state index contributed by atoms with van der Waals surface area (Å²) < 4.78 is 29.1. The Hall–Kier alpha value is -1.89. The van der Waals surface area contributed by atoms with Crippen LogP contribution in [0.5, 0.6) is 0 Å². The summed E-state index contributed by atoms with van der Waals surface area (Å²) in [4.78, 5) is 2.22. The standard InChI is InChI=1S/C17H21N3O2S/c21-23(22,19-14-15-6-2-1-3-7-15)18-11-13-20-12-10-16-8-4-5-9-17(16)20/h1-9,18-19H,10-14H2. The fourth-order valence-electron chi connectivity index (χ4n) is 2.78. The highest BCUT2D eigenvalue weighted by molar-refractivity contribution is 7.87. The molecule has 0 saturated carbocycles. The minimum atomic E-state index is -3.48. The number of nitrogens with one attached hydrogen (secondary N) is 2. The van der Waals surface area contributed by atoms with Gasteiger partial charge in [-0.2, -0.15) is 13.1 Å². The highest BCUT2D eigenvalue weighted by atomic mass is 32.2. The van der Waals surface area contributed by atoms with Gasteiger partial charge in [-0.3, -0.25) is 0 Å². The highest BCUT2D eigenvalue weighted by Gasteiger charge is 2.18. The van der Waals surface area contributed by atoms with Gasteiger partial charge in [0.05, 0.1) is 0 Å². The summed E-state index contributed by atoms with van der Waals surface area (Å²) in [6, 6.07) is 17.7. The molecule has 0 aliphatic carbocycles. The van der Waals surface area contributed by atoms with Crippen LogP contribution < -0.4 is 14.3 Å². The Morgan fingerprint density at radius 2 is 1.70 bits per heavy atom. The molecule has 3 rings (SSSR count). The number of rotatable bonds is 7. The molecule has 1 heterocycles. The van der Waals surface area contributed by atoms with Gasteiger partial charge in [-0.05, 0) is 23.6 Å². The summed E-state index contributed by atoms with van der Waals surface area (Å²) in [5.41, 5.74) is 3.48. The van der Waals surface area contributed by atoms with Gasteiger partial charge in [0, 0.05) is 31.9 Å². The fraction of sp³-hybridized carbons (Fsp3) is 0.294. The topological polar surface area (TPSA) is 61.4 Å². The van der Waals surface area contributed by atoms with Crippen LogP contribution in [0.2, 0.25) is 0 Å². The molecule has 0 saturated heterocycles. The molecular formula is C17H21N3O2S. The number of benzene rings is 2. The molecule has 122 valence electrons. The van der Waals surface area contributed by atoms with E-state index in [4.69, 9.17) is 0 Å². The summed E-state index contributed by atoms with van der Waals surface area (Å²) in [6.07, 6.45) is 1.02. The van der Waals surface area contributed by atoms with E-state index < -0.39 is 10.2 Å². The van der Waals surface area contributed by atoms with Crippen molar-refractivity contribution in [3.8, 4) is 0 Å². The lowest BCUT2D eigenvalue weighted by atomic mass is 10.2. The van der Waals surface area contributed by atoms with E-state index in [1.807, 2.05) is 42.5 Å². The number of anilines is 1. The smallest absolute Gasteiger partial charge is 0.277 e. The van der Waals surface area contributed by atoms with Gasteiger partial charge in [0.15, 0.2) is 0 Å². The first kappa shape index (κ1) is 16.0. The molecule has 0 unspecified atom stereocenters. The van der Waals surface area contributed by atoms with Crippen molar-refractivity contribution in [3.63, 3.8) is 0 Å². The highest BCUT2D eigenvalue weighted by Crippen LogP contribution is 2.26. The summed E-state index contributed by atoms with van der Waals surface area (Å²) in [5, 5.41) is 0. The van der Waals surface area contributed by atoms with Crippen LogP contribution in [0.1, 0.15) is 11.1 Å². The third-order valence-electron chi connectivity index (χ3n) is 3.97. The van der Waals surface area contributed by atoms with Gasteiger partial charge >= 0.3 is 0 Å². The van der Waals surface area contributed by atoms with Crippen LogP contribution in [0.4, 0.5) is 5.69 Å². The lowest BCUT2D eigenvalue weighted by Gasteiger charge is -2.19. The summed E-state index contributed by atoms with van der Waals surface area (Å²) >= 11 is 0. The van der Waals surface area contributed by atoms with E-state index in [2.05, 4.69) is 26.5 Å². The molecule has 2 aromatic rings. The molecule has 0 spiro atoms.